The van der Waals surface area contributed by atoms with Crippen molar-refractivity contribution in [3.05, 3.63) is 34.6 Å². The summed E-state index contributed by atoms with van der Waals surface area (Å²) in [5.41, 5.74) is -1.89. The third-order valence-electron chi connectivity index (χ3n) is 3.97. The number of benzene rings is 1. The third-order valence-corrected chi connectivity index (χ3v) is 3.97. The second kappa shape index (κ2) is 5.33. The smallest absolute Gasteiger partial charge is 0.310 e. The number of carbonyl (C=O) groups is 2. The van der Waals surface area contributed by atoms with Gasteiger partial charge in [0.25, 0.3) is 0 Å². The Bertz CT molecular complexity index is 627. The summed E-state index contributed by atoms with van der Waals surface area (Å²) >= 11 is 0. The molecule has 1 aliphatic carbocycles. The Balaban J connectivity index is 2.17. The van der Waals surface area contributed by atoms with Crippen molar-refractivity contribution in [2.45, 2.75) is 20.5 Å². The Morgan fingerprint density at radius 3 is 1.91 bits per heavy atom. The van der Waals surface area contributed by atoms with E-state index >= 15 is 0 Å². The molecule has 2 unspecified atom stereocenters. The SMILES string of the molecule is CC1(C)C(C=O)C1C(=O)OCc1c(F)c(F)c(F)c(F)c1F. The van der Waals surface area contributed by atoms with Gasteiger partial charge in [-0.1, -0.05) is 13.8 Å². The molecule has 1 fully saturated rings. The topological polar surface area (TPSA) is 43.4 Å². The molecular weight excluding hydrogens is 311 g/mol. The fraction of sp³-hybridized carbons (Fsp3) is 0.429. The Morgan fingerprint density at radius 2 is 1.50 bits per heavy atom. The van der Waals surface area contributed by atoms with E-state index in [0.717, 1.165) is 0 Å². The third kappa shape index (κ3) is 2.36. The number of hydrogen-bond acceptors (Lipinski definition) is 3. The first-order valence-corrected chi connectivity index (χ1v) is 6.26. The van der Waals surface area contributed by atoms with E-state index < -0.39 is 64.5 Å². The lowest BCUT2D eigenvalue weighted by Gasteiger charge is -2.09. The fourth-order valence-electron chi connectivity index (χ4n) is 2.39. The van der Waals surface area contributed by atoms with Crippen LogP contribution < -0.4 is 0 Å². The van der Waals surface area contributed by atoms with E-state index in [2.05, 4.69) is 4.74 Å². The second-order valence-corrected chi connectivity index (χ2v) is 5.62. The lowest BCUT2D eigenvalue weighted by Crippen LogP contribution is -2.14. The van der Waals surface area contributed by atoms with Gasteiger partial charge in [0.15, 0.2) is 23.3 Å². The second-order valence-electron chi connectivity index (χ2n) is 5.62. The number of aldehydes is 1. The predicted molar refractivity (Wildman–Crippen MR) is 62.9 cm³/mol. The van der Waals surface area contributed by atoms with Crippen LogP contribution >= 0.6 is 0 Å². The van der Waals surface area contributed by atoms with Gasteiger partial charge in [-0.3, -0.25) is 4.79 Å². The maximum atomic E-state index is 13.4. The summed E-state index contributed by atoms with van der Waals surface area (Å²) in [7, 11) is 0. The largest absolute Gasteiger partial charge is 0.460 e. The summed E-state index contributed by atoms with van der Waals surface area (Å²) in [6, 6.07) is 0. The van der Waals surface area contributed by atoms with Crippen LogP contribution in [0.1, 0.15) is 19.4 Å². The van der Waals surface area contributed by atoms with Crippen LogP contribution in [0.25, 0.3) is 0 Å². The number of esters is 1. The molecule has 0 spiro atoms. The van der Waals surface area contributed by atoms with Crippen LogP contribution in [-0.2, 0) is 20.9 Å². The van der Waals surface area contributed by atoms with Crippen LogP contribution in [-0.4, -0.2) is 12.3 Å². The summed E-state index contributed by atoms with van der Waals surface area (Å²) in [5.74, 6) is -12.9. The van der Waals surface area contributed by atoms with Gasteiger partial charge in [-0.2, -0.15) is 0 Å². The van der Waals surface area contributed by atoms with Crippen molar-refractivity contribution in [3.63, 3.8) is 0 Å². The van der Waals surface area contributed by atoms with Gasteiger partial charge in [-0.05, 0) is 5.41 Å². The van der Waals surface area contributed by atoms with Crippen molar-refractivity contribution in [3.8, 4) is 0 Å². The van der Waals surface area contributed by atoms with Crippen LogP contribution in [0.5, 0.6) is 0 Å². The Labute approximate surface area is 122 Å². The standard InChI is InChI=1S/C14H11F5O3/c1-14(2)6(3-20)7(14)13(21)22-4-5-8(15)10(17)12(19)11(18)9(5)16/h3,6-7H,4H2,1-2H3. The first kappa shape index (κ1) is 16.4. The molecule has 2 rings (SSSR count). The minimum atomic E-state index is -2.28. The van der Waals surface area contributed by atoms with E-state index in [1.54, 1.807) is 13.8 Å². The highest BCUT2D eigenvalue weighted by molar-refractivity contribution is 5.84. The maximum absolute atomic E-state index is 13.4. The quantitative estimate of drug-likeness (QED) is 0.281. The molecule has 2 atom stereocenters. The zero-order chi connectivity index (χ0) is 16.8. The van der Waals surface area contributed by atoms with Gasteiger partial charge < -0.3 is 9.53 Å². The first-order chi connectivity index (χ1) is 10.1. The lowest BCUT2D eigenvalue weighted by molar-refractivity contribution is -0.148. The molecule has 3 nitrogen and oxygen atoms in total. The van der Waals surface area contributed by atoms with Gasteiger partial charge in [-0.25, -0.2) is 22.0 Å². The molecule has 0 amide bonds. The first-order valence-electron chi connectivity index (χ1n) is 6.26. The van der Waals surface area contributed by atoms with Crippen LogP contribution in [0, 0.1) is 46.3 Å². The van der Waals surface area contributed by atoms with Gasteiger partial charge >= 0.3 is 5.97 Å². The number of hydrogen-bond donors (Lipinski definition) is 0. The average Bonchev–Trinajstić information content (AvgIpc) is 3.04. The number of ether oxygens (including phenoxy) is 1. The fourth-order valence-corrected chi connectivity index (χ4v) is 2.39. The molecule has 0 saturated heterocycles. The molecule has 1 aromatic rings. The van der Waals surface area contributed by atoms with Crippen molar-refractivity contribution in [1.29, 1.82) is 0 Å². The van der Waals surface area contributed by atoms with Crippen molar-refractivity contribution in [2.75, 3.05) is 0 Å². The molecule has 1 aromatic carbocycles. The van der Waals surface area contributed by atoms with E-state index in [4.69, 9.17) is 0 Å². The van der Waals surface area contributed by atoms with Crippen molar-refractivity contribution >= 4 is 12.3 Å². The highest BCUT2D eigenvalue weighted by atomic mass is 19.2. The van der Waals surface area contributed by atoms with E-state index in [-0.39, 0.29) is 0 Å². The normalized spacial score (nSPS) is 22.3. The van der Waals surface area contributed by atoms with E-state index in [9.17, 15) is 31.5 Å². The minimum absolute atomic E-state index is 0.560. The summed E-state index contributed by atoms with van der Waals surface area (Å²) in [4.78, 5) is 22.5. The predicted octanol–water partition coefficient (Wildman–Crippen LogP) is 2.90. The highest BCUT2D eigenvalue weighted by Crippen LogP contribution is 2.57. The zero-order valence-electron chi connectivity index (χ0n) is 11.6. The summed E-state index contributed by atoms with van der Waals surface area (Å²) in [6.07, 6.45) is 0.560. The van der Waals surface area contributed by atoms with Crippen molar-refractivity contribution in [2.24, 2.45) is 17.3 Å². The number of carbonyl (C=O) groups excluding carboxylic acids is 2. The molecule has 1 saturated carbocycles. The molecule has 0 bridgehead atoms. The Morgan fingerprint density at radius 1 is 1.05 bits per heavy atom. The molecule has 0 N–H and O–H groups in total. The summed E-state index contributed by atoms with van der Waals surface area (Å²) in [5, 5.41) is 0. The zero-order valence-corrected chi connectivity index (χ0v) is 11.6. The molecule has 0 heterocycles. The van der Waals surface area contributed by atoms with E-state index in [1.807, 2.05) is 0 Å². The van der Waals surface area contributed by atoms with Gasteiger partial charge in [0.1, 0.15) is 12.9 Å². The Hall–Kier alpha value is -1.99. The van der Waals surface area contributed by atoms with Gasteiger partial charge in [-0.15, -0.1) is 0 Å². The maximum Gasteiger partial charge on any atom is 0.310 e. The van der Waals surface area contributed by atoms with Crippen LogP contribution in [0.2, 0.25) is 0 Å². The minimum Gasteiger partial charge on any atom is -0.460 e. The molecular formula is C14H11F5O3. The molecule has 22 heavy (non-hydrogen) atoms. The number of halogens is 5. The monoisotopic (exact) mass is 322 g/mol. The summed E-state index contributed by atoms with van der Waals surface area (Å²) < 4.78 is 70.2. The molecule has 1 aliphatic rings. The van der Waals surface area contributed by atoms with Crippen LogP contribution in [0.3, 0.4) is 0 Å². The molecule has 8 heteroatoms. The summed E-state index contributed by atoms with van der Waals surface area (Å²) in [6.45, 7) is 2.13. The molecule has 0 aromatic heterocycles. The van der Waals surface area contributed by atoms with E-state index in [0.29, 0.717) is 6.29 Å². The van der Waals surface area contributed by atoms with E-state index in [1.165, 1.54) is 0 Å². The van der Waals surface area contributed by atoms with Crippen LogP contribution in [0.15, 0.2) is 0 Å². The lowest BCUT2D eigenvalue weighted by atomic mass is 10.1. The van der Waals surface area contributed by atoms with Crippen LogP contribution in [0.4, 0.5) is 22.0 Å². The molecule has 0 radical (unpaired) electrons. The highest BCUT2D eigenvalue weighted by Gasteiger charge is 2.62. The van der Waals surface area contributed by atoms with Crippen molar-refractivity contribution in [1.82, 2.24) is 0 Å². The number of rotatable bonds is 4. The molecule has 120 valence electrons. The van der Waals surface area contributed by atoms with Gasteiger partial charge in [0, 0.05) is 5.92 Å². The van der Waals surface area contributed by atoms with Gasteiger partial charge in [0.2, 0.25) is 5.82 Å². The average molecular weight is 322 g/mol. The molecule has 0 aliphatic heterocycles. The van der Waals surface area contributed by atoms with Crippen molar-refractivity contribution < 1.29 is 36.3 Å². The Kier molecular flexibility index (Phi) is 3.97. The van der Waals surface area contributed by atoms with Gasteiger partial charge in [0.05, 0.1) is 11.5 Å².